The number of amides is 1. The van der Waals surface area contributed by atoms with Crippen molar-refractivity contribution in [2.45, 2.75) is 13.8 Å². The number of nitrogens with zero attached hydrogens (tertiary/aromatic N) is 2. The van der Waals surface area contributed by atoms with Gasteiger partial charge in [-0.05, 0) is 49.2 Å². The highest BCUT2D eigenvalue weighted by molar-refractivity contribution is 5.83. The largest absolute Gasteiger partial charge is 0.504 e. The van der Waals surface area contributed by atoms with Gasteiger partial charge in [0.25, 0.3) is 5.91 Å². The van der Waals surface area contributed by atoms with Gasteiger partial charge in [0, 0.05) is 6.07 Å². The predicted molar refractivity (Wildman–Crippen MR) is 98.3 cm³/mol. The van der Waals surface area contributed by atoms with Crippen molar-refractivity contribution in [3.8, 4) is 17.2 Å². The standard InChI is InChI=1S/C18H19N3O6/c1-3-26-17-9-13(5-6-15(17)22)10-19-20-18(23)11-27-16-7-4-12(2)8-14(16)21(24)25/h4-10,22H,3,11H2,1-2H3,(H,20,23)/b19-10-. The molecule has 0 atom stereocenters. The average molecular weight is 373 g/mol. The van der Waals surface area contributed by atoms with Crippen molar-refractivity contribution < 1.29 is 24.3 Å². The minimum Gasteiger partial charge on any atom is -0.504 e. The zero-order chi connectivity index (χ0) is 19.8. The number of hydrazone groups is 1. The van der Waals surface area contributed by atoms with Gasteiger partial charge in [0.05, 0.1) is 17.7 Å². The number of hydrogen-bond acceptors (Lipinski definition) is 7. The van der Waals surface area contributed by atoms with Crippen LogP contribution in [0.15, 0.2) is 41.5 Å². The van der Waals surface area contributed by atoms with Crippen LogP contribution in [0, 0.1) is 17.0 Å². The van der Waals surface area contributed by atoms with Crippen LogP contribution < -0.4 is 14.9 Å². The van der Waals surface area contributed by atoms with Gasteiger partial charge >= 0.3 is 5.69 Å². The van der Waals surface area contributed by atoms with Gasteiger partial charge < -0.3 is 14.6 Å². The Morgan fingerprint density at radius 1 is 1.26 bits per heavy atom. The summed E-state index contributed by atoms with van der Waals surface area (Å²) in [5.41, 5.74) is 3.37. The van der Waals surface area contributed by atoms with Crippen LogP contribution in [0.2, 0.25) is 0 Å². The lowest BCUT2D eigenvalue weighted by Gasteiger charge is -2.07. The topological polar surface area (TPSA) is 123 Å². The SMILES string of the molecule is CCOc1cc(/C=N\NC(=O)COc2ccc(C)cc2[N+](=O)[O-])ccc1O. The van der Waals surface area contributed by atoms with E-state index in [1.54, 1.807) is 32.0 Å². The van der Waals surface area contributed by atoms with E-state index in [-0.39, 0.29) is 17.2 Å². The molecule has 0 saturated heterocycles. The van der Waals surface area contributed by atoms with Gasteiger partial charge in [-0.15, -0.1) is 0 Å². The molecule has 2 rings (SSSR count). The van der Waals surface area contributed by atoms with E-state index in [2.05, 4.69) is 10.5 Å². The Hall–Kier alpha value is -3.62. The minimum atomic E-state index is -0.579. The Morgan fingerprint density at radius 3 is 2.74 bits per heavy atom. The highest BCUT2D eigenvalue weighted by Gasteiger charge is 2.16. The molecule has 2 aromatic carbocycles. The molecule has 0 bridgehead atoms. The molecule has 0 aromatic heterocycles. The van der Waals surface area contributed by atoms with Crippen molar-refractivity contribution in [2.75, 3.05) is 13.2 Å². The maximum Gasteiger partial charge on any atom is 0.311 e. The Morgan fingerprint density at radius 2 is 2.04 bits per heavy atom. The summed E-state index contributed by atoms with van der Waals surface area (Å²) in [7, 11) is 0. The fraction of sp³-hybridized carbons (Fsp3) is 0.222. The minimum absolute atomic E-state index is 0.00428. The van der Waals surface area contributed by atoms with E-state index in [4.69, 9.17) is 9.47 Å². The second kappa shape index (κ2) is 9.18. The zero-order valence-corrected chi connectivity index (χ0v) is 14.8. The first-order valence-corrected chi connectivity index (χ1v) is 8.06. The molecular weight excluding hydrogens is 354 g/mol. The van der Waals surface area contributed by atoms with E-state index in [9.17, 15) is 20.0 Å². The fourth-order valence-corrected chi connectivity index (χ4v) is 2.13. The van der Waals surface area contributed by atoms with Crippen LogP contribution in [0.5, 0.6) is 17.2 Å². The van der Waals surface area contributed by atoms with Gasteiger partial charge in [-0.25, -0.2) is 5.43 Å². The summed E-state index contributed by atoms with van der Waals surface area (Å²) < 4.78 is 10.5. The van der Waals surface area contributed by atoms with Gasteiger partial charge in [0.15, 0.2) is 23.9 Å². The predicted octanol–water partition coefficient (Wildman–Crippen LogP) is 2.54. The number of phenolic OH excluding ortho intramolecular Hbond substituents is 1. The van der Waals surface area contributed by atoms with Crippen LogP contribution in [0.3, 0.4) is 0 Å². The molecule has 0 aliphatic rings. The highest BCUT2D eigenvalue weighted by Crippen LogP contribution is 2.27. The van der Waals surface area contributed by atoms with Crippen LogP contribution in [0.25, 0.3) is 0 Å². The van der Waals surface area contributed by atoms with E-state index in [0.717, 1.165) is 0 Å². The number of nitrogens with one attached hydrogen (secondary N) is 1. The van der Waals surface area contributed by atoms with E-state index in [1.165, 1.54) is 24.4 Å². The van der Waals surface area contributed by atoms with Crippen molar-refractivity contribution in [2.24, 2.45) is 5.10 Å². The number of phenols is 1. The summed E-state index contributed by atoms with van der Waals surface area (Å²) in [6.45, 7) is 3.48. The average Bonchev–Trinajstić information content (AvgIpc) is 2.63. The lowest BCUT2D eigenvalue weighted by molar-refractivity contribution is -0.385. The molecule has 0 unspecified atom stereocenters. The first-order valence-electron chi connectivity index (χ1n) is 8.06. The number of rotatable bonds is 8. The Labute approximate surface area is 155 Å². The van der Waals surface area contributed by atoms with Crippen LogP contribution in [0.4, 0.5) is 5.69 Å². The van der Waals surface area contributed by atoms with Crippen LogP contribution in [0.1, 0.15) is 18.1 Å². The molecule has 1 amide bonds. The molecule has 0 radical (unpaired) electrons. The molecule has 0 spiro atoms. The van der Waals surface area contributed by atoms with Gasteiger partial charge in [-0.3, -0.25) is 14.9 Å². The van der Waals surface area contributed by atoms with Crippen LogP contribution in [-0.2, 0) is 4.79 Å². The number of benzene rings is 2. The second-order valence-electron chi connectivity index (χ2n) is 5.47. The Kier molecular flexibility index (Phi) is 6.70. The maximum absolute atomic E-state index is 11.8. The summed E-state index contributed by atoms with van der Waals surface area (Å²) in [5.74, 6) is -0.261. The van der Waals surface area contributed by atoms with E-state index >= 15 is 0 Å². The maximum atomic E-state index is 11.8. The molecular formula is C18H19N3O6. The number of carbonyl (C=O) groups is 1. The molecule has 0 aliphatic heterocycles. The normalized spacial score (nSPS) is 10.6. The number of carbonyl (C=O) groups excluding carboxylic acids is 1. The number of aromatic hydroxyl groups is 1. The molecule has 0 heterocycles. The Bertz CT molecular complexity index is 866. The van der Waals surface area contributed by atoms with Crippen LogP contribution >= 0.6 is 0 Å². The van der Waals surface area contributed by atoms with Gasteiger partial charge in [-0.1, -0.05) is 6.07 Å². The molecule has 27 heavy (non-hydrogen) atoms. The van der Waals surface area contributed by atoms with Crippen molar-refractivity contribution in [3.63, 3.8) is 0 Å². The van der Waals surface area contributed by atoms with Crippen molar-refractivity contribution in [1.29, 1.82) is 0 Å². The molecule has 2 N–H and O–H groups in total. The van der Waals surface area contributed by atoms with E-state index in [1.807, 2.05) is 0 Å². The molecule has 0 saturated carbocycles. The molecule has 2 aromatic rings. The molecule has 0 aliphatic carbocycles. The lowest BCUT2D eigenvalue weighted by atomic mass is 10.2. The second-order valence-corrected chi connectivity index (χ2v) is 5.47. The summed E-state index contributed by atoms with van der Waals surface area (Å²) >= 11 is 0. The third kappa shape index (κ3) is 5.70. The molecule has 142 valence electrons. The third-order valence-electron chi connectivity index (χ3n) is 3.36. The van der Waals surface area contributed by atoms with Crippen LogP contribution in [-0.4, -0.2) is 35.4 Å². The van der Waals surface area contributed by atoms with Gasteiger partial charge in [0.2, 0.25) is 0 Å². The number of ether oxygens (including phenoxy) is 2. The first kappa shape index (κ1) is 19.7. The summed E-state index contributed by atoms with van der Waals surface area (Å²) in [4.78, 5) is 22.2. The van der Waals surface area contributed by atoms with Crippen molar-refractivity contribution >= 4 is 17.8 Å². The molecule has 9 nitrogen and oxygen atoms in total. The number of aryl methyl sites for hydroxylation is 1. The summed E-state index contributed by atoms with van der Waals surface area (Å²) in [6, 6.07) is 9.08. The molecule has 0 fully saturated rings. The molecule has 9 heteroatoms. The van der Waals surface area contributed by atoms with Crippen molar-refractivity contribution in [1.82, 2.24) is 5.43 Å². The monoisotopic (exact) mass is 373 g/mol. The van der Waals surface area contributed by atoms with Gasteiger partial charge in [-0.2, -0.15) is 5.10 Å². The summed E-state index contributed by atoms with van der Waals surface area (Å²) in [5, 5.41) is 24.4. The highest BCUT2D eigenvalue weighted by atomic mass is 16.6. The third-order valence-corrected chi connectivity index (χ3v) is 3.36. The number of nitro groups is 1. The Balaban J connectivity index is 1.93. The number of nitro benzene ring substituents is 1. The zero-order valence-electron chi connectivity index (χ0n) is 14.8. The van der Waals surface area contributed by atoms with Crippen molar-refractivity contribution in [3.05, 3.63) is 57.6 Å². The fourth-order valence-electron chi connectivity index (χ4n) is 2.13. The number of hydrogen-bond donors (Lipinski definition) is 2. The lowest BCUT2D eigenvalue weighted by Crippen LogP contribution is -2.24. The van der Waals surface area contributed by atoms with Gasteiger partial charge in [0.1, 0.15) is 0 Å². The smallest absolute Gasteiger partial charge is 0.311 e. The summed E-state index contributed by atoms with van der Waals surface area (Å²) in [6.07, 6.45) is 1.37. The van der Waals surface area contributed by atoms with E-state index in [0.29, 0.717) is 23.5 Å². The first-order chi connectivity index (χ1) is 12.9. The van der Waals surface area contributed by atoms with E-state index < -0.39 is 17.4 Å². The quantitative estimate of drug-likeness (QED) is 0.416.